The van der Waals surface area contributed by atoms with Crippen LogP contribution in [0.5, 0.6) is 5.75 Å². The predicted molar refractivity (Wildman–Crippen MR) is 95.4 cm³/mol. The molecule has 0 aliphatic carbocycles. The largest absolute Gasteiger partial charge is 0.477 e. The number of esters is 1. The van der Waals surface area contributed by atoms with Gasteiger partial charge in [0.05, 0.1) is 10.7 Å². The van der Waals surface area contributed by atoms with Gasteiger partial charge in [-0.15, -0.1) is 0 Å². The van der Waals surface area contributed by atoms with Gasteiger partial charge in [0, 0.05) is 11.2 Å². The van der Waals surface area contributed by atoms with E-state index in [-0.39, 0.29) is 15.9 Å². The molecule has 2 aromatic rings. The molecule has 0 unspecified atom stereocenters. The van der Waals surface area contributed by atoms with E-state index in [9.17, 15) is 9.59 Å². The van der Waals surface area contributed by atoms with Crippen molar-refractivity contribution in [3.05, 3.63) is 51.7 Å². The van der Waals surface area contributed by atoms with E-state index < -0.39 is 24.6 Å². The van der Waals surface area contributed by atoms with Crippen LogP contribution in [0.2, 0.25) is 15.2 Å². The van der Waals surface area contributed by atoms with Crippen molar-refractivity contribution in [2.45, 2.75) is 13.0 Å². The van der Waals surface area contributed by atoms with Crippen LogP contribution in [-0.4, -0.2) is 29.6 Å². The van der Waals surface area contributed by atoms with Crippen molar-refractivity contribution in [1.82, 2.24) is 4.98 Å². The number of ether oxygens (including phenoxy) is 2. The Morgan fingerprint density at radius 2 is 2.00 bits per heavy atom. The van der Waals surface area contributed by atoms with E-state index in [1.807, 2.05) is 0 Å². The maximum absolute atomic E-state index is 11.9. The second-order valence-electron chi connectivity index (χ2n) is 4.83. The maximum Gasteiger partial charge on any atom is 0.347 e. The van der Waals surface area contributed by atoms with E-state index in [1.54, 1.807) is 18.2 Å². The van der Waals surface area contributed by atoms with E-state index >= 15 is 0 Å². The van der Waals surface area contributed by atoms with Gasteiger partial charge >= 0.3 is 5.97 Å². The first-order valence-electron chi connectivity index (χ1n) is 7.05. The minimum absolute atomic E-state index is 0.135. The minimum atomic E-state index is -0.964. The first-order valence-corrected chi connectivity index (χ1v) is 8.19. The lowest BCUT2D eigenvalue weighted by atomic mass is 10.3. The summed E-state index contributed by atoms with van der Waals surface area (Å²) in [6, 6.07) is 7.78. The van der Waals surface area contributed by atoms with Crippen molar-refractivity contribution < 1.29 is 19.1 Å². The molecule has 132 valence electrons. The Morgan fingerprint density at radius 3 is 2.68 bits per heavy atom. The molecular weight excluding hydrogens is 391 g/mol. The molecule has 1 aromatic carbocycles. The van der Waals surface area contributed by atoms with Crippen molar-refractivity contribution in [2.24, 2.45) is 0 Å². The van der Waals surface area contributed by atoms with Gasteiger partial charge < -0.3 is 14.8 Å². The third-order valence-electron chi connectivity index (χ3n) is 2.91. The number of pyridine rings is 1. The van der Waals surface area contributed by atoms with Crippen LogP contribution >= 0.6 is 34.8 Å². The average Bonchev–Trinajstić information content (AvgIpc) is 2.57. The monoisotopic (exact) mass is 402 g/mol. The van der Waals surface area contributed by atoms with Crippen molar-refractivity contribution in [2.75, 3.05) is 11.9 Å². The van der Waals surface area contributed by atoms with Gasteiger partial charge in [0.15, 0.2) is 17.9 Å². The molecule has 1 N–H and O–H groups in total. The van der Waals surface area contributed by atoms with Crippen molar-refractivity contribution in [3.63, 3.8) is 0 Å². The second-order valence-corrected chi connectivity index (χ2v) is 6.03. The molecule has 0 aliphatic heterocycles. The molecular formula is C16H13Cl3N2O4. The van der Waals surface area contributed by atoms with E-state index in [2.05, 4.69) is 10.3 Å². The highest BCUT2D eigenvalue weighted by molar-refractivity contribution is 6.35. The summed E-state index contributed by atoms with van der Waals surface area (Å²) >= 11 is 17.6. The number of rotatable bonds is 6. The SMILES string of the molecule is C[C@H](Oc1ccc(Cl)cc1Cl)C(=O)OCC(=O)Nc1cccnc1Cl. The van der Waals surface area contributed by atoms with Crippen LogP contribution in [0.3, 0.4) is 0 Å². The summed E-state index contributed by atoms with van der Waals surface area (Å²) in [6.45, 7) is 0.981. The van der Waals surface area contributed by atoms with E-state index in [0.717, 1.165) is 0 Å². The lowest BCUT2D eigenvalue weighted by molar-refractivity contribution is -0.153. The lowest BCUT2D eigenvalue weighted by Gasteiger charge is -2.15. The molecule has 2 rings (SSSR count). The van der Waals surface area contributed by atoms with E-state index in [0.29, 0.717) is 10.7 Å². The van der Waals surface area contributed by atoms with Gasteiger partial charge in [0.2, 0.25) is 0 Å². The summed E-state index contributed by atoms with van der Waals surface area (Å²) in [5, 5.41) is 3.32. The molecule has 0 saturated heterocycles. The highest BCUT2D eigenvalue weighted by Crippen LogP contribution is 2.28. The number of hydrogen-bond donors (Lipinski definition) is 1. The highest BCUT2D eigenvalue weighted by atomic mass is 35.5. The maximum atomic E-state index is 11.9. The Labute approximate surface area is 159 Å². The zero-order valence-electron chi connectivity index (χ0n) is 13.0. The summed E-state index contributed by atoms with van der Waals surface area (Å²) in [5.41, 5.74) is 0.322. The summed E-state index contributed by atoms with van der Waals surface area (Å²) in [4.78, 5) is 27.5. The Hall–Kier alpha value is -2.02. The van der Waals surface area contributed by atoms with Crippen LogP contribution in [0.4, 0.5) is 5.69 Å². The summed E-state index contributed by atoms with van der Waals surface area (Å²) < 4.78 is 10.3. The van der Waals surface area contributed by atoms with E-state index in [1.165, 1.54) is 25.3 Å². The van der Waals surface area contributed by atoms with Gasteiger partial charge in [0.25, 0.3) is 5.91 Å². The molecule has 0 radical (unpaired) electrons. The number of aromatic nitrogens is 1. The fourth-order valence-electron chi connectivity index (χ4n) is 1.73. The van der Waals surface area contributed by atoms with Crippen molar-refractivity contribution in [3.8, 4) is 5.75 Å². The van der Waals surface area contributed by atoms with Crippen LogP contribution in [-0.2, 0) is 14.3 Å². The van der Waals surface area contributed by atoms with Crippen LogP contribution in [0, 0.1) is 0 Å². The average molecular weight is 404 g/mol. The number of carbonyl (C=O) groups excluding carboxylic acids is 2. The zero-order valence-corrected chi connectivity index (χ0v) is 15.2. The molecule has 1 aromatic heterocycles. The zero-order chi connectivity index (χ0) is 18.4. The predicted octanol–water partition coefficient (Wildman–Crippen LogP) is 3.99. The van der Waals surface area contributed by atoms with Crippen molar-refractivity contribution >= 4 is 52.4 Å². The number of halogens is 3. The van der Waals surface area contributed by atoms with Crippen LogP contribution < -0.4 is 10.1 Å². The number of amides is 1. The van der Waals surface area contributed by atoms with Crippen LogP contribution in [0.15, 0.2) is 36.5 Å². The number of carbonyl (C=O) groups is 2. The van der Waals surface area contributed by atoms with Gasteiger partial charge in [0.1, 0.15) is 5.75 Å². The molecule has 0 fully saturated rings. The number of hydrogen-bond acceptors (Lipinski definition) is 5. The van der Waals surface area contributed by atoms with Gasteiger partial charge in [-0.25, -0.2) is 9.78 Å². The fraction of sp³-hybridized carbons (Fsp3) is 0.188. The minimum Gasteiger partial charge on any atom is -0.477 e. The topological polar surface area (TPSA) is 77.5 Å². The quantitative estimate of drug-likeness (QED) is 0.583. The molecule has 1 atom stereocenters. The molecule has 1 heterocycles. The molecule has 0 bridgehead atoms. The molecule has 0 saturated carbocycles. The third kappa shape index (κ3) is 5.77. The number of anilines is 1. The lowest BCUT2D eigenvalue weighted by Crippen LogP contribution is -2.29. The highest BCUT2D eigenvalue weighted by Gasteiger charge is 2.19. The Bertz CT molecular complexity index is 786. The molecule has 0 spiro atoms. The molecule has 0 aliphatic rings. The molecule has 1 amide bonds. The number of nitrogens with zero attached hydrogens (tertiary/aromatic N) is 1. The van der Waals surface area contributed by atoms with Gasteiger partial charge in [-0.1, -0.05) is 34.8 Å². The van der Waals surface area contributed by atoms with Crippen LogP contribution in [0.1, 0.15) is 6.92 Å². The third-order valence-corrected chi connectivity index (χ3v) is 3.74. The smallest absolute Gasteiger partial charge is 0.347 e. The second kappa shape index (κ2) is 8.89. The number of benzene rings is 1. The van der Waals surface area contributed by atoms with Crippen molar-refractivity contribution in [1.29, 1.82) is 0 Å². The normalized spacial score (nSPS) is 11.5. The van der Waals surface area contributed by atoms with Gasteiger partial charge in [-0.05, 0) is 37.3 Å². The summed E-state index contributed by atoms with van der Waals surface area (Å²) in [5.74, 6) is -1.000. The fourth-order valence-corrected chi connectivity index (χ4v) is 2.35. The Morgan fingerprint density at radius 1 is 1.24 bits per heavy atom. The Kier molecular flexibility index (Phi) is 6.87. The Balaban J connectivity index is 1.84. The summed E-state index contributed by atoms with van der Waals surface area (Å²) in [7, 11) is 0. The van der Waals surface area contributed by atoms with Gasteiger partial charge in [-0.3, -0.25) is 4.79 Å². The first kappa shape index (κ1) is 19.3. The van der Waals surface area contributed by atoms with E-state index in [4.69, 9.17) is 44.3 Å². The van der Waals surface area contributed by atoms with Crippen LogP contribution in [0.25, 0.3) is 0 Å². The molecule has 6 nitrogen and oxygen atoms in total. The first-order chi connectivity index (χ1) is 11.9. The van der Waals surface area contributed by atoms with Gasteiger partial charge in [-0.2, -0.15) is 0 Å². The summed E-state index contributed by atoms with van der Waals surface area (Å²) in [6.07, 6.45) is 0.521. The standard InChI is InChI=1S/C16H13Cl3N2O4/c1-9(25-13-5-4-10(17)7-11(13)18)16(23)24-8-14(22)21-12-3-2-6-20-15(12)19/h2-7,9H,8H2,1H3,(H,21,22)/t9-/m0/s1. The molecule has 25 heavy (non-hydrogen) atoms. The number of nitrogens with one attached hydrogen (secondary N) is 1. The molecule has 9 heteroatoms.